The fourth-order valence-electron chi connectivity index (χ4n) is 1.00. The fraction of sp³-hybridized carbons (Fsp3) is 0.500. The van der Waals surface area contributed by atoms with Crippen molar-refractivity contribution >= 4 is 0 Å². The van der Waals surface area contributed by atoms with Crippen molar-refractivity contribution in [2.45, 2.75) is 13.3 Å². The minimum absolute atomic E-state index is 1.21. The molecular formula is C8H13N. The van der Waals surface area contributed by atoms with Crippen LogP contribution in [-0.4, -0.2) is 18.0 Å². The van der Waals surface area contributed by atoms with Gasteiger partial charge in [-0.3, -0.25) is 0 Å². The fourth-order valence-corrected chi connectivity index (χ4v) is 1.00. The Morgan fingerprint density at radius 2 is 2.22 bits per heavy atom. The normalized spacial score (nSPS) is 19.2. The van der Waals surface area contributed by atoms with Crippen molar-refractivity contribution < 1.29 is 0 Å². The molecule has 0 radical (unpaired) electrons. The van der Waals surface area contributed by atoms with Crippen LogP contribution in [0.4, 0.5) is 0 Å². The van der Waals surface area contributed by atoms with E-state index in [0.717, 1.165) is 0 Å². The van der Waals surface area contributed by atoms with Crippen LogP contribution in [0, 0.1) is 0 Å². The molecule has 0 amide bonds. The monoisotopic (exact) mass is 123 g/mol. The molecule has 1 fully saturated rings. The molecule has 0 aromatic carbocycles. The highest BCUT2D eigenvalue weighted by Gasteiger charge is 2.12. The van der Waals surface area contributed by atoms with Crippen molar-refractivity contribution in [3.05, 3.63) is 24.4 Å². The molecule has 0 unspecified atom stereocenters. The number of hydrogen-bond donors (Lipinski definition) is 0. The molecule has 0 bridgehead atoms. The predicted molar refractivity (Wildman–Crippen MR) is 40.1 cm³/mol. The molecule has 0 spiro atoms. The molecule has 9 heavy (non-hydrogen) atoms. The highest BCUT2D eigenvalue weighted by atomic mass is 15.2. The molecule has 1 aliphatic rings. The average Bonchev–Trinajstić information content (AvgIpc) is 1.78. The summed E-state index contributed by atoms with van der Waals surface area (Å²) in [5.41, 5.74) is 1.28. The number of rotatable bonds is 2. The Kier molecular flexibility index (Phi) is 1.93. The Balaban J connectivity index is 2.46. The second-order valence-corrected chi connectivity index (χ2v) is 2.26. The van der Waals surface area contributed by atoms with Crippen LogP contribution in [0.5, 0.6) is 0 Å². The van der Waals surface area contributed by atoms with Crippen LogP contribution in [0.25, 0.3) is 0 Å². The Labute approximate surface area is 56.7 Å². The lowest BCUT2D eigenvalue weighted by atomic mass is 10.2. The molecule has 1 heteroatoms. The average molecular weight is 123 g/mol. The van der Waals surface area contributed by atoms with E-state index in [4.69, 9.17) is 0 Å². The highest BCUT2D eigenvalue weighted by molar-refractivity contribution is 5.15. The van der Waals surface area contributed by atoms with Crippen LogP contribution in [0.15, 0.2) is 24.4 Å². The van der Waals surface area contributed by atoms with Gasteiger partial charge in [0.1, 0.15) is 0 Å². The van der Waals surface area contributed by atoms with Crippen LogP contribution in [-0.2, 0) is 0 Å². The largest absolute Gasteiger partial charge is 0.372 e. The van der Waals surface area contributed by atoms with Crippen LogP contribution < -0.4 is 0 Å². The van der Waals surface area contributed by atoms with Crippen LogP contribution >= 0.6 is 0 Å². The van der Waals surface area contributed by atoms with E-state index in [9.17, 15) is 0 Å². The molecular weight excluding hydrogens is 110 g/mol. The van der Waals surface area contributed by atoms with Crippen molar-refractivity contribution in [1.82, 2.24) is 4.90 Å². The van der Waals surface area contributed by atoms with Gasteiger partial charge in [-0.05, 0) is 19.4 Å². The van der Waals surface area contributed by atoms with Gasteiger partial charge in [-0.25, -0.2) is 0 Å². The van der Waals surface area contributed by atoms with E-state index in [1.54, 1.807) is 0 Å². The van der Waals surface area contributed by atoms with E-state index in [2.05, 4.69) is 24.5 Å². The van der Waals surface area contributed by atoms with Gasteiger partial charge in [-0.2, -0.15) is 0 Å². The molecule has 0 N–H and O–H groups in total. The summed E-state index contributed by atoms with van der Waals surface area (Å²) in [5.74, 6) is 0. The Hall–Kier alpha value is -0.720. The van der Waals surface area contributed by atoms with Crippen LogP contribution in [0.1, 0.15) is 13.3 Å². The third kappa shape index (κ3) is 1.15. The van der Waals surface area contributed by atoms with Gasteiger partial charge in [0.25, 0.3) is 0 Å². The molecule has 0 aliphatic carbocycles. The minimum Gasteiger partial charge on any atom is -0.372 e. The quantitative estimate of drug-likeness (QED) is 0.506. The maximum atomic E-state index is 3.72. The van der Waals surface area contributed by atoms with E-state index in [1.165, 1.54) is 25.2 Å². The summed E-state index contributed by atoms with van der Waals surface area (Å²) >= 11 is 0. The zero-order valence-electron chi connectivity index (χ0n) is 5.93. The first kappa shape index (κ1) is 6.40. The van der Waals surface area contributed by atoms with Gasteiger partial charge >= 0.3 is 0 Å². The van der Waals surface area contributed by atoms with Crippen molar-refractivity contribution in [3.63, 3.8) is 0 Å². The van der Waals surface area contributed by atoms with Gasteiger partial charge in [-0.15, -0.1) is 0 Å². The van der Waals surface area contributed by atoms with Gasteiger partial charge < -0.3 is 4.90 Å². The first-order valence-electron chi connectivity index (χ1n) is 3.42. The van der Waals surface area contributed by atoms with Crippen LogP contribution in [0.3, 0.4) is 0 Å². The Bertz CT molecular complexity index is 132. The number of allylic oxidation sites excluding steroid dienone is 2. The second kappa shape index (κ2) is 2.72. The second-order valence-electron chi connectivity index (χ2n) is 2.26. The number of nitrogens with zero attached hydrogens (tertiary/aromatic N) is 1. The van der Waals surface area contributed by atoms with E-state index >= 15 is 0 Å². The Morgan fingerprint density at radius 3 is 2.33 bits per heavy atom. The van der Waals surface area contributed by atoms with Gasteiger partial charge in [-0.1, -0.05) is 12.7 Å². The maximum absolute atomic E-state index is 3.72. The minimum atomic E-state index is 1.21. The van der Waals surface area contributed by atoms with Crippen LogP contribution in [0.2, 0.25) is 0 Å². The summed E-state index contributed by atoms with van der Waals surface area (Å²) in [6.45, 7) is 8.20. The number of hydrogen-bond acceptors (Lipinski definition) is 1. The molecule has 1 nitrogen and oxygen atoms in total. The molecule has 0 aromatic heterocycles. The smallest absolute Gasteiger partial charge is 0.0316 e. The van der Waals surface area contributed by atoms with Crippen molar-refractivity contribution in [2.24, 2.45) is 0 Å². The molecule has 1 aliphatic heterocycles. The summed E-state index contributed by atoms with van der Waals surface area (Å²) in [5, 5.41) is 0. The van der Waals surface area contributed by atoms with Gasteiger partial charge in [0.05, 0.1) is 0 Å². The first-order valence-corrected chi connectivity index (χ1v) is 3.42. The van der Waals surface area contributed by atoms with E-state index in [0.29, 0.717) is 0 Å². The Morgan fingerprint density at radius 1 is 1.56 bits per heavy atom. The van der Waals surface area contributed by atoms with Crippen molar-refractivity contribution in [3.8, 4) is 0 Å². The van der Waals surface area contributed by atoms with Gasteiger partial charge in [0.15, 0.2) is 0 Å². The lowest BCUT2D eigenvalue weighted by Crippen LogP contribution is -2.35. The summed E-state index contributed by atoms with van der Waals surface area (Å²) in [6, 6.07) is 0. The highest BCUT2D eigenvalue weighted by Crippen LogP contribution is 2.14. The van der Waals surface area contributed by atoms with Crippen molar-refractivity contribution in [1.29, 1.82) is 0 Å². The first-order chi connectivity index (χ1) is 4.38. The third-order valence-corrected chi connectivity index (χ3v) is 1.73. The van der Waals surface area contributed by atoms with E-state index < -0.39 is 0 Å². The van der Waals surface area contributed by atoms with Crippen molar-refractivity contribution in [2.75, 3.05) is 13.1 Å². The summed E-state index contributed by atoms with van der Waals surface area (Å²) in [4.78, 5) is 2.33. The molecule has 50 valence electrons. The van der Waals surface area contributed by atoms with Gasteiger partial charge in [0, 0.05) is 18.8 Å². The lowest BCUT2D eigenvalue weighted by molar-refractivity contribution is 0.246. The van der Waals surface area contributed by atoms with E-state index in [1.807, 2.05) is 6.08 Å². The molecule has 0 saturated carbocycles. The SMILES string of the molecule is C=C/C(=C\C)N1CCC1. The zero-order valence-corrected chi connectivity index (χ0v) is 5.93. The molecule has 0 atom stereocenters. The summed E-state index contributed by atoms with van der Waals surface area (Å²) < 4.78 is 0. The maximum Gasteiger partial charge on any atom is 0.0316 e. The third-order valence-electron chi connectivity index (χ3n) is 1.73. The summed E-state index contributed by atoms with van der Waals surface area (Å²) in [7, 11) is 0. The predicted octanol–water partition coefficient (Wildman–Crippen LogP) is 1.78. The number of likely N-dealkylation sites (tertiary alicyclic amines) is 1. The van der Waals surface area contributed by atoms with E-state index in [-0.39, 0.29) is 0 Å². The summed E-state index contributed by atoms with van der Waals surface area (Å²) in [6.07, 6.45) is 5.36. The molecule has 1 heterocycles. The molecule has 1 rings (SSSR count). The topological polar surface area (TPSA) is 3.24 Å². The zero-order chi connectivity index (χ0) is 6.69. The molecule has 0 aromatic rings. The lowest BCUT2D eigenvalue weighted by Gasteiger charge is -2.33. The molecule has 1 saturated heterocycles. The van der Waals surface area contributed by atoms with Gasteiger partial charge in [0.2, 0.25) is 0 Å². The standard InChI is InChI=1S/C8H13N/c1-3-8(4-2)9-6-5-7-9/h3-4H,1,5-7H2,2H3/b8-4+.